The van der Waals surface area contributed by atoms with E-state index < -0.39 is 17.7 Å². The van der Waals surface area contributed by atoms with Gasteiger partial charge in [0, 0.05) is 6.54 Å². The van der Waals surface area contributed by atoms with Crippen LogP contribution < -0.4 is 9.47 Å². The van der Waals surface area contributed by atoms with Crippen LogP contribution in [0.4, 0.5) is 0 Å². The molecule has 32 heavy (non-hydrogen) atoms. The van der Waals surface area contributed by atoms with Gasteiger partial charge in [-0.3, -0.25) is 9.59 Å². The fraction of sp³-hybridized carbons (Fsp3) is 0.385. The summed E-state index contributed by atoms with van der Waals surface area (Å²) < 4.78 is 11.1. The fourth-order valence-electron chi connectivity index (χ4n) is 3.90. The molecule has 1 heterocycles. The Balaban J connectivity index is 2.14. The summed E-state index contributed by atoms with van der Waals surface area (Å²) in [7, 11) is 1.51. The van der Waals surface area contributed by atoms with E-state index in [1.807, 2.05) is 51.1 Å². The molecule has 1 amide bonds. The zero-order valence-electron chi connectivity index (χ0n) is 19.2. The van der Waals surface area contributed by atoms with E-state index in [-0.39, 0.29) is 11.3 Å². The molecule has 0 aromatic heterocycles. The van der Waals surface area contributed by atoms with Crippen molar-refractivity contribution in [2.24, 2.45) is 0 Å². The maximum atomic E-state index is 13.1. The average molecular weight is 438 g/mol. The van der Waals surface area contributed by atoms with Gasteiger partial charge in [-0.05, 0) is 49.6 Å². The Morgan fingerprint density at radius 3 is 2.41 bits per heavy atom. The molecule has 1 N–H and O–H groups in total. The van der Waals surface area contributed by atoms with Crippen LogP contribution in [0, 0.1) is 6.92 Å². The van der Waals surface area contributed by atoms with Crippen LogP contribution in [0.3, 0.4) is 0 Å². The molecule has 0 bridgehead atoms. The molecule has 0 aliphatic carbocycles. The lowest BCUT2D eigenvalue weighted by Gasteiger charge is -2.25. The van der Waals surface area contributed by atoms with Crippen molar-refractivity contribution in [3.05, 3.63) is 64.7 Å². The summed E-state index contributed by atoms with van der Waals surface area (Å²) in [6, 6.07) is 12.0. The molecule has 170 valence electrons. The number of unbranched alkanes of at least 4 members (excludes halogenated alkanes) is 1. The van der Waals surface area contributed by atoms with Gasteiger partial charge in [-0.1, -0.05) is 44.0 Å². The van der Waals surface area contributed by atoms with Gasteiger partial charge in [-0.25, -0.2) is 0 Å². The van der Waals surface area contributed by atoms with Gasteiger partial charge in [-0.2, -0.15) is 0 Å². The molecule has 1 aliphatic rings. The zero-order chi connectivity index (χ0) is 23.3. The Labute approximate surface area is 189 Å². The van der Waals surface area contributed by atoms with Gasteiger partial charge in [0.05, 0.1) is 30.9 Å². The Morgan fingerprint density at radius 1 is 1.06 bits per heavy atom. The molecular formula is C26H31NO5. The molecule has 1 fully saturated rings. The topological polar surface area (TPSA) is 76.1 Å². The highest BCUT2D eigenvalue weighted by molar-refractivity contribution is 6.46. The second-order valence-electron chi connectivity index (χ2n) is 7.97. The quantitative estimate of drug-likeness (QED) is 0.339. The number of nitrogens with zero attached hydrogens (tertiary/aromatic N) is 1. The summed E-state index contributed by atoms with van der Waals surface area (Å²) in [5.41, 5.74) is 2.13. The molecule has 0 saturated carbocycles. The third-order valence-corrected chi connectivity index (χ3v) is 5.57. The van der Waals surface area contributed by atoms with Crippen molar-refractivity contribution in [3.63, 3.8) is 0 Å². The van der Waals surface area contributed by atoms with Crippen LogP contribution in [0.5, 0.6) is 11.5 Å². The van der Waals surface area contributed by atoms with Crippen molar-refractivity contribution in [1.29, 1.82) is 0 Å². The Bertz CT molecular complexity index is 1010. The first-order valence-corrected chi connectivity index (χ1v) is 11.1. The van der Waals surface area contributed by atoms with Gasteiger partial charge in [0.25, 0.3) is 11.7 Å². The van der Waals surface area contributed by atoms with E-state index in [4.69, 9.17) is 9.47 Å². The van der Waals surface area contributed by atoms with Crippen LogP contribution in [0.1, 0.15) is 55.8 Å². The van der Waals surface area contributed by atoms with Gasteiger partial charge in [0.1, 0.15) is 17.3 Å². The van der Waals surface area contributed by atoms with Gasteiger partial charge in [-0.15, -0.1) is 0 Å². The molecule has 0 spiro atoms. The second-order valence-corrected chi connectivity index (χ2v) is 7.97. The van der Waals surface area contributed by atoms with Crippen LogP contribution in [-0.2, 0) is 9.59 Å². The zero-order valence-corrected chi connectivity index (χ0v) is 19.2. The van der Waals surface area contributed by atoms with Gasteiger partial charge >= 0.3 is 0 Å². The first-order chi connectivity index (χ1) is 15.4. The third kappa shape index (κ3) is 4.64. The molecule has 2 aromatic rings. The first-order valence-electron chi connectivity index (χ1n) is 11.1. The normalized spacial score (nSPS) is 17.6. The van der Waals surface area contributed by atoms with Crippen molar-refractivity contribution in [2.45, 2.75) is 46.1 Å². The van der Waals surface area contributed by atoms with E-state index in [1.54, 1.807) is 17.0 Å². The molecule has 1 aliphatic heterocycles. The minimum atomic E-state index is -0.682. The van der Waals surface area contributed by atoms with Gasteiger partial charge < -0.3 is 19.5 Å². The molecule has 2 aromatic carbocycles. The molecular weight excluding hydrogens is 406 g/mol. The lowest BCUT2D eigenvalue weighted by Crippen LogP contribution is -2.30. The number of amides is 1. The lowest BCUT2D eigenvalue weighted by molar-refractivity contribution is -0.139. The highest BCUT2D eigenvalue weighted by atomic mass is 16.5. The number of likely N-dealkylation sites (tertiary alicyclic amines) is 1. The molecule has 1 unspecified atom stereocenters. The van der Waals surface area contributed by atoms with Gasteiger partial charge in [0.2, 0.25) is 0 Å². The number of hydrogen-bond acceptors (Lipinski definition) is 5. The van der Waals surface area contributed by atoms with Crippen molar-refractivity contribution in [2.75, 3.05) is 20.3 Å². The number of aliphatic hydroxyl groups excluding tert-OH is 1. The van der Waals surface area contributed by atoms with Crippen molar-refractivity contribution in [3.8, 4) is 11.5 Å². The Kier molecular flexibility index (Phi) is 7.57. The standard InChI is InChI=1S/C26H31NO5/c1-5-7-14-27-23(18-9-11-19(12-10-18)32-15-6-2)22(25(29)26(27)30)24(28)20-16-17(3)8-13-21(20)31-4/h8-13,16,23,28H,5-7,14-15H2,1-4H3/b24-22+. The number of ketones is 1. The van der Waals surface area contributed by atoms with Crippen LogP contribution in [0.2, 0.25) is 0 Å². The maximum Gasteiger partial charge on any atom is 0.295 e. The monoisotopic (exact) mass is 437 g/mol. The number of carbonyl (C=O) groups excluding carboxylic acids is 2. The number of rotatable bonds is 9. The second kappa shape index (κ2) is 10.4. The largest absolute Gasteiger partial charge is 0.507 e. The molecule has 1 atom stereocenters. The van der Waals surface area contributed by atoms with E-state index in [0.717, 1.165) is 36.1 Å². The minimum Gasteiger partial charge on any atom is -0.507 e. The fourth-order valence-corrected chi connectivity index (χ4v) is 3.90. The highest BCUT2D eigenvalue weighted by Crippen LogP contribution is 2.41. The number of hydrogen-bond donors (Lipinski definition) is 1. The molecule has 0 radical (unpaired) electrons. The predicted octanol–water partition coefficient (Wildman–Crippen LogP) is 5.01. The number of methoxy groups -OCH3 is 1. The number of ether oxygens (including phenoxy) is 2. The summed E-state index contributed by atoms with van der Waals surface area (Å²) in [6.45, 7) is 7.00. The maximum absolute atomic E-state index is 13.1. The summed E-state index contributed by atoms with van der Waals surface area (Å²) in [4.78, 5) is 27.6. The van der Waals surface area contributed by atoms with Gasteiger partial charge in [0.15, 0.2) is 0 Å². The van der Waals surface area contributed by atoms with Crippen LogP contribution in [0.15, 0.2) is 48.0 Å². The smallest absolute Gasteiger partial charge is 0.295 e. The number of Topliss-reactive ketones (excluding diaryl/α,β-unsaturated/α-hetero) is 1. The molecule has 1 saturated heterocycles. The van der Waals surface area contributed by atoms with E-state index in [9.17, 15) is 14.7 Å². The number of benzene rings is 2. The number of carbonyl (C=O) groups is 2. The van der Waals surface area contributed by atoms with E-state index >= 15 is 0 Å². The molecule has 3 rings (SSSR count). The van der Waals surface area contributed by atoms with E-state index in [1.165, 1.54) is 7.11 Å². The number of aliphatic hydroxyl groups is 1. The summed E-state index contributed by atoms with van der Waals surface area (Å²) >= 11 is 0. The SMILES string of the molecule is CCCCN1C(=O)C(=O)/C(=C(/O)c2cc(C)ccc2OC)C1c1ccc(OCCC)cc1. The predicted molar refractivity (Wildman–Crippen MR) is 124 cm³/mol. The third-order valence-electron chi connectivity index (χ3n) is 5.57. The van der Waals surface area contributed by atoms with E-state index in [0.29, 0.717) is 24.5 Å². The molecule has 6 heteroatoms. The Hall–Kier alpha value is -3.28. The van der Waals surface area contributed by atoms with Crippen LogP contribution >= 0.6 is 0 Å². The summed E-state index contributed by atoms with van der Waals surface area (Å²) in [5, 5.41) is 11.3. The number of aryl methyl sites for hydroxylation is 1. The van der Waals surface area contributed by atoms with Crippen molar-refractivity contribution in [1.82, 2.24) is 4.90 Å². The molecule has 6 nitrogen and oxygen atoms in total. The van der Waals surface area contributed by atoms with Crippen LogP contribution in [-0.4, -0.2) is 42.0 Å². The minimum absolute atomic E-state index is 0.0808. The summed E-state index contributed by atoms with van der Waals surface area (Å²) in [6.07, 6.45) is 2.54. The van der Waals surface area contributed by atoms with Crippen molar-refractivity contribution >= 4 is 17.4 Å². The summed E-state index contributed by atoms with van der Waals surface area (Å²) in [5.74, 6) is -0.336. The Morgan fingerprint density at radius 2 is 1.78 bits per heavy atom. The van der Waals surface area contributed by atoms with Crippen molar-refractivity contribution < 1.29 is 24.2 Å². The van der Waals surface area contributed by atoms with E-state index in [2.05, 4.69) is 0 Å². The highest BCUT2D eigenvalue weighted by Gasteiger charge is 2.46. The lowest BCUT2D eigenvalue weighted by atomic mass is 9.94. The van der Waals surface area contributed by atoms with Crippen LogP contribution in [0.25, 0.3) is 5.76 Å². The first kappa shape index (κ1) is 23.4. The average Bonchev–Trinajstić information content (AvgIpc) is 3.06.